The number of aliphatic hydroxyl groups is 1. The number of aliphatic hydroxyl groups excluding tert-OH is 1. The van der Waals surface area contributed by atoms with Crippen LogP contribution < -0.4 is 0 Å². The highest BCUT2D eigenvalue weighted by Gasteiger charge is 2.25. The van der Waals surface area contributed by atoms with Gasteiger partial charge in [-0.25, -0.2) is 4.39 Å². The maximum Gasteiger partial charge on any atom is 0.129 e. The first-order chi connectivity index (χ1) is 9.61. The van der Waals surface area contributed by atoms with Crippen LogP contribution in [0.2, 0.25) is 0 Å². The first kappa shape index (κ1) is 15.4. The van der Waals surface area contributed by atoms with E-state index >= 15 is 0 Å². The molecule has 1 saturated heterocycles. The van der Waals surface area contributed by atoms with Crippen LogP contribution in [0.5, 0.6) is 0 Å². The van der Waals surface area contributed by atoms with Gasteiger partial charge in [-0.1, -0.05) is 25.1 Å². The third-order valence-electron chi connectivity index (χ3n) is 4.10. The Balaban J connectivity index is 1.94. The van der Waals surface area contributed by atoms with Crippen LogP contribution in [-0.2, 0) is 4.74 Å². The molecule has 1 heterocycles. The van der Waals surface area contributed by atoms with E-state index in [1.54, 1.807) is 25.3 Å². The van der Waals surface area contributed by atoms with Gasteiger partial charge in [0.2, 0.25) is 0 Å². The van der Waals surface area contributed by atoms with Crippen LogP contribution >= 0.6 is 0 Å². The van der Waals surface area contributed by atoms with E-state index < -0.39 is 6.10 Å². The highest BCUT2D eigenvalue weighted by molar-refractivity contribution is 5.20. The fourth-order valence-corrected chi connectivity index (χ4v) is 2.90. The van der Waals surface area contributed by atoms with E-state index in [0.29, 0.717) is 5.56 Å². The summed E-state index contributed by atoms with van der Waals surface area (Å²) in [7, 11) is 1.74. The zero-order valence-corrected chi connectivity index (χ0v) is 12.3. The van der Waals surface area contributed by atoms with E-state index in [-0.39, 0.29) is 17.8 Å². The van der Waals surface area contributed by atoms with Crippen molar-refractivity contribution in [1.82, 2.24) is 4.90 Å². The molecule has 1 aromatic rings. The number of nitrogens with zero attached hydrogens (tertiary/aromatic N) is 1. The zero-order chi connectivity index (χ0) is 14.5. The number of likely N-dealkylation sites (tertiary alicyclic amines) is 1. The summed E-state index contributed by atoms with van der Waals surface area (Å²) < 4.78 is 19.1. The molecule has 1 fully saturated rings. The number of methoxy groups -OCH3 is 1. The minimum atomic E-state index is -0.765. The SMILES string of the molecule is COC1CCCN(CC(C)C(O)c2ccccc2F)C1. The predicted octanol–water partition coefficient (Wildman–Crippen LogP) is 2.61. The van der Waals surface area contributed by atoms with Crippen LogP contribution in [-0.4, -0.2) is 42.9 Å². The molecule has 1 aromatic carbocycles. The molecule has 112 valence electrons. The molecule has 3 unspecified atom stereocenters. The Hall–Kier alpha value is -0.970. The van der Waals surface area contributed by atoms with Gasteiger partial charge in [-0.3, -0.25) is 0 Å². The van der Waals surface area contributed by atoms with Gasteiger partial charge in [0.25, 0.3) is 0 Å². The molecule has 1 aliphatic heterocycles. The van der Waals surface area contributed by atoms with Gasteiger partial charge >= 0.3 is 0 Å². The molecule has 0 aliphatic carbocycles. The van der Waals surface area contributed by atoms with E-state index in [0.717, 1.165) is 32.5 Å². The van der Waals surface area contributed by atoms with Crippen molar-refractivity contribution in [3.8, 4) is 0 Å². The molecule has 0 radical (unpaired) electrons. The van der Waals surface area contributed by atoms with Gasteiger partial charge in [-0.15, -0.1) is 0 Å². The van der Waals surface area contributed by atoms with Crippen molar-refractivity contribution in [2.45, 2.75) is 32.0 Å². The lowest BCUT2D eigenvalue weighted by Crippen LogP contribution is -2.42. The number of ether oxygens (including phenoxy) is 1. The molecule has 0 bridgehead atoms. The minimum Gasteiger partial charge on any atom is -0.388 e. The Morgan fingerprint density at radius 3 is 2.90 bits per heavy atom. The first-order valence-electron chi connectivity index (χ1n) is 7.29. The van der Waals surface area contributed by atoms with Gasteiger partial charge in [-0.05, 0) is 31.4 Å². The van der Waals surface area contributed by atoms with E-state index in [1.807, 2.05) is 6.92 Å². The van der Waals surface area contributed by atoms with Crippen LogP contribution in [0, 0.1) is 11.7 Å². The zero-order valence-electron chi connectivity index (χ0n) is 12.3. The summed E-state index contributed by atoms with van der Waals surface area (Å²) in [6, 6.07) is 6.46. The van der Waals surface area contributed by atoms with Crippen molar-refractivity contribution in [1.29, 1.82) is 0 Å². The smallest absolute Gasteiger partial charge is 0.129 e. The number of piperidine rings is 1. The summed E-state index contributed by atoms with van der Waals surface area (Å²) in [4.78, 5) is 2.30. The van der Waals surface area contributed by atoms with Crippen molar-refractivity contribution in [3.63, 3.8) is 0 Å². The normalized spacial score (nSPS) is 23.5. The molecule has 20 heavy (non-hydrogen) atoms. The molecular formula is C16H24FNO2. The largest absolute Gasteiger partial charge is 0.388 e. The Bertz CT molecular complexity index is 427. The van der Waals surface area contributed by atoms with Gasteiger partial charge in [0.15, 0.2) is 0 Å². The average Bonchev–Trinajstić information content (AvgIpc) is 2.47. The van der Waals surface area contributed by atoms with Gasteiger partial charge in [0.05, 0.1) is 12.2 Å². The molecular weight excluding hydrogens is 257 g/mol. The number of rotatable bonds is 5. The minimum absolute atomic E-state index is 0.0116. The number of benzene rings is 1. The standard InChI is InChI=1S/C16H24FNO2/c1-12(10-18-9-5-6-13(11-18)20-2)16(19)14-7-3-4-8-15(14)17/h3-4,7-8,12-13,16,19H,5-6,9-11H2,1-2H3. The lowest BCUT2D eigenvalue weighted by molar-refractivity contribution is 0.0130. The molecule has 0 saturated carbocycles. The van der Waals surface area contributed by atoms with E-state index in [2.05, 4.69) is 4.90 Å². The summed E-state index contributed by atoms with van der Waals surface area (Å²) in [6.45, 7) is 4.64. The monoisotopic (exact) mass is 281 g/mol. The van der Waals surface area contributed by atoms with Crippen molar-refractivity contribution >= 4 is 0 Å². The lowest BCUT2D eigenvalue weighted by Gasteiger charge is -2.34. The Morgan fingerprint density at radius 2 is 2.20 bits per heavy atom. The summed E-state index contributed by atoms with van der Waals surface area (Å²) in [5, 5.41) is 10.3. The number of hydrogen-bond donors (Lipinski definition) is 1. The second kappa shape index (κ2) is 7.16. The van der Waals surface area contributed by atoms with Crippen molar-refractivity contribution in [2.75, 3.05) is 26.7 Å². The Kier molecular flexibility index (Phi) is 5.52. The highest BCUT2D eigenvalue weighted by atomic mass is 19.1. The molecule has 1 aliphatic rings. The fourth-order valence-electron chi connectivity index (χ4n) is 2.90. The molecule has 1 N–H and O–H groups in total. The Labute approximate surface area is 120 Å². The van der Waals surface area contributed by atoms with Crippen LogP contribution in [0.1, 0.15) is 31.4 Å². The van der Waals surface area contributed by atoms with Crippen molar-refractivity contribution in [2.24, 2.45) is 5.92 Å². The first-order valence-corrected chi connectivity index (χ1v) is 7.29. The van der Waals surface area contributed by atoms with Crippen LogP contribution in [0.15, 0.2) is 24.3 Å². The lowest BCUT2D eigenvalue weighted by atomic mass is 9.95. The summed E-state index contributed by atoms with van der Waals surface area (Å²) in [5.41, 5.74) is 0.389. The predicted molar refractivity (Wildman–Crippen MR) is 77.0 cm³/mol. The van der Waals surface area contributed by atoms with Gasteiger partial charge in [0, 0.05) is 25.8 Å². The third kappa shape index (κ3) is 3.78. The second-order valence-corrected chi connectivity index (χ2v) is 5.70. The highest BCUT2D eigenvalue weighted by Crippen LogP contribution is 2.26. The maximum atomic E-state index is 13.7. The summed E-state index contributed by atoms with van der Waals surface area (Å²) in [6.07, 6.45) is 1.72. The summed E-state index contributed by atoms with van der Waals surface area (Å²) in [5.74, 6) is -0.345. The quantitative estimate of drug-likeness (QED) is 0.900. The maximum absolute atomic E-state index is 13.7. The van der Waals surface area contributed by atoms with Crippen LogP contribution in [0.25, 0.3) is 0 Å². The van der Waals surface area contributed by atoms with E-state index in [1.165, 1.54) is 6.07 Å². The Morgan fingerprint density at radius 1 is 1.45 bits per heavy atom. The molecule has 4 heteroatoms. The van der Waals surface area contributed by atoms with Crippen LogP contribution in [0.3, 0.4) is 0 Å². The number of halogens is 1. The van der Waals surface area contributed by atoms with Gasteiger partial charge in [-0.2, -0.15) is 0 Å². The van der Waals surface area contributed by atoms with Gasteiger partial charge in [0.1, 0.15) is 5.82 Å². The van der Waals surface area contributed by atoms with Gasteiger partial charge < -0.3 is 14.7 Å². The van der Waals surface area contributed by atoms with Crippen molar-refractivity contribution < 1.29 is 14.2 Å². The van der Waals surface area contributed by atoms with Crippen LogP contribution in [0.4, 0.5) is 4.39 Å². The number of hydrogen-bond acceptors (Lipinski definition) is 3. The second-order valence-electron chi connectivity index (χ2n) is 5.70. The van der Waals surface area contributed by atoms with E-state index in [4.69, 9.17) is 4.74 Å². The van der Waals surface area contributed by atoms with E-state index in [9.17, 15) is 9.50 Å². The molecule has 0 spiro atoms. The molecule has 3 nitrogen and oxygen atoms in total. The third-order valence-corrected chi connectivity index (χ3v) is 4.10. The molecule has 2 rings (SSSR count). The topological polar surface area (TPSA) is 32.7 Å². The molecule has 0 amide bonds. The summed E-state index contributed by atoms with van der Waals surface area (Å²) >= 11 is 0. The average molecular weight is 281 g/mol. The fraction of sp³-hybridized carbons (Fsp3) is 0.625. The molecule has 0 aromatic heterocycles. The van der Waals surface area contributed by atoms with Crippen molar-refractivity contribution in [3.05, 3.63) is 35.6 Å². The molecule has 3 atom stereocenters.